The number of carbonyl (C=O) groups is 3. The topological polar surface area (TPSA) is 63.7 Å². The summed E-state index contributed by atoms with van der Waals surface area (Å²) in [5.41, 5.74) is 0. The minimum Gasteiger partial charge on any atom is -0.464 e. The van der Waals surface area contributed by atoms with Crippen LogP contribution in [0.5, 0.6) is 0 Å². The molecule has 1 atom stereocenters. The zero-order valence-corrected chi connectivity index (χ0v) is 9.27. The second kappa shape index (κ2) is 5.44. The van der Waals surface area contributed by atoms with Crippen LogP contribution in [-0.2, 0) is 19.1 Å². The Morgan fingerprint density at radius 1 is 1.56 bits per heavy atom. The van der Waals surface area contributed by atoms with Crippen LogP contribution < -0.4 is 0 Å². The Morgan fingerprint density at radius 2 is 2.25 bits per heavy atom. The zero-order valence-electron chi connectivity index (χ0n) is 9.27. The molecule has 16 heavy (non-hydrogen) atoms. The summed E-state index contributed by atoms with van der Waals surface area (Å²) in [5.74, 6) is -1.13. The molecule has 1 saturated heterocycles. The fourth-order valence-corrected chi connectivity index (χ4v) is 1.65. The van der Waals surface area contributed by atoms with E-state index < -0.39 is 12.0 Å². The number of ketones is 1. The fourth-order valence-electron chi connectivity index (χ4n) is 1.65. The van der Waals surface area contributed by atoms with Gasteiger partial charge in [-0.3, -0.25) is 9.59 Å². The number of carbonyl (C=O) groups excluding carboxylic acids is 3. The van der Waals surface area contributed by atoms with Gasteiger partial charge in [0, 0.05) is 19.4 Å². The molecule has 0 aromatic rings. The molecule has 1 heterocycles. The van der Waals surface area contributed by atoms with Crippen LogP contribution >= 0.6 is 0 Å². The molecule has 88 valence electrons. The van der Waals surface area contributed by atoms with Gasteiger partial charge in [-0.25, -0.2) is 4.79 Å². The fraction of sp³-hybridized carbons (Fsp3) is 0.545. The van der Waals surface area contributed by atoms with Gasteiger partial charge in [0.2, 0.25) is 5.91 Å². The molecule has 0 aromatic heterocycles. The van der Waals surface area contributed by atoms with E-state index in [2.05, 4.69) is 6.58 Å². The highest BCUT2D eigenvalue weighted by molar-refractivity contribution is 6.08. The maximum absolute atomic E-state index is 11.6. The lowest BCUT2D eigenvalue weighted by atomic mass is 10.00. The van der Waals surface area contributed by atoms with Gasteiger partial charge in [-0.1, -0.05) is 6.08 Å². The number of rotatable bonds is 4. The molecule has 0 aromatic carbocycles. The number of hydrogen-bond acceptors (Lipinski definition) is 4. The van der Waals surface area contributed by atoms with E-state index in [0.717, 1.165) is 0 Å². The van der Waals surface area contributed by atoms with Gasteiger partial charge in [0.15, 0.2) is 11.8 Å². The first-order valence-electron chi connectivity index (χ1n) is 5.21. The summed E-state index contributed by atoms with van der Waals surface area (Å²) < 4.78 is 4.79. The van der Waals surface area contributed by atoms with Gasteiger partial charge in [0.05, 0.1) is 6.61 Å². The van der Waals surface area contributed by atoms with Gasteiger partial charge >= 0.3 is 5.97 Å². The Hall–Kier alpha value is -1.65. The highest BCUT2D eigenvalue weighted by atomic mass is 16.5. The molecule has 5 nitrogen and oxygen atoms in total. The van der Waals surface area contributed by atoms with Crippen LogP contribution in [0.4, 0.5) is 0 Å². The molecule has 1 unspecified atom stereocenters. The van der Waals surface area contributed by atoms with Crippen LogP contribution in [0.2, 0.25) is 0 Å². The molecule has 1 rings (SSSR count). The molecule has 0 saturated carbocycles. The summed E-state index contributed by atoms with van der Waals surface area (Å²) in [6.07, 6.45) is 1.75. The zero-order chi connectivity index (χ0) is 12.1. The van der Waals surface area contributed by atoms with E-state index in [1.165, 1.54) is 11.0 Å². The monoisotopic (exact) mass is 225 g/mol. The van der Waals surface area contributed by atoms with Crippen LogP contribution in [0.25, 0.3) is 0 Å². The van der Waals surface area contributed by atoms with E-state index in [1.807, 2.05) is 0 Å². The van der Waals surface area contributed by atoms with Crippen LogP contribution in [0.1, 0.15) is 19.8 Å². The Balaban J connectivity index is 2.87. The highest BCUT2D eigenvalue weighted by Crippen LogP contribution is 2.16. The molecule has 0 spiro atoms. The van der Waals surface area contributed by atoms with Crippen LogP contribution in [0.15, 0.2) is 12.7 Å². The number of hydrogen-bond donors (Lipinski definition) is 0. The quantitative estimate of drug-likeness (QED) is 0.392. The number of amides is 1. The van der Waals surface area contributed by atoms with Crippen molar-refractivity contribution < 1.29 is 19.1 Å². The third kappa shape index (κ3) is 2.48. The number of piperidine rings is 1. The van der Waals surface area contributed by atoms with E-state index in [4.69, 9.17) is 4.74 Å². The lowest BCUT2D eigenvalue weighted by molar-refractivity contribution is -0.161. The third-order valence-corrected chi connectivity index (χ3v) is 2.36. The Bertz CT molecular complexity index is 324. The van der Waals surface area contributed by atoms with Gasteiger partial charge < -0.3 is 9.64 Å². The van der Waals surface area contributed by atoms with Crippen molar-refractivity contribution in [2.45, 2.75) is 25.8 Å². The lowest BCUT2D eigenvalue weighted by Gasteiger charge is -2.31. The van der Waals surface area contributed by atoms with Crippen molar-refractivity contribution in [3.05, 3.63) is 12.7 Å². The van der Waals surface area contributed by atoms with Gasteiger partial charge in [-0.05, 0) is 6.92 Å². The molecule has 0 bridgehead atoms. The maximum Gasteiger partial charge on any atom is 0.336 e. The Labute approximate surface area is 94.1 Å². The molecule has 1 amide bonds. The van der Waals surface area contributed by atoms with Crippen molar-refractivity contribution in [3.63, 3.8) is 0 Å². The summed E-state index contributed by atoms with van der Waals surface area (Å²) in [6, 6.07) is -1.08. The minimum atomic E-state index is -1.08. The Morgan fingerprint density at radius 3 is 2.81 bits per heavy atom. The molecule has 0 aliphatic carbocycles. The lowest BCUT2D eigenvalue weighted by Crippen LogP contribution is -2.53. The molecule has 1 aliphatic rings. The first-order chi connectivity index (χ1) is 7.61. The van der Waals surface area contributed by atoms with Crippen molar-refractivity contribution in [3.8, 4) is 0 Å². The Kier molecular flexibility index (Phi) is 4.22. The van der Waals surface area contributed by atoms with Crippen LogP contribution in [0.3, 0.4) is 0 Å². The average Bonchev–Trinajstić information content (AvgIpc) is 2.24. The number of nitrogens with zero attached hydrogens (tertiary/aromatic N) is 1. The second-order valence-electron chi connectivity index (χ2n) is 3.46. The molecule has 1 fully saturated rings. The van der Waals surface area contributed by atoms with E-state index in [1.54, 1.807) is 6.92 Å². The second-order valence-corrected chi connectivity index (χ2v) is 3.46. The minimum absolute atomic E-state index is 0.107. The van der Waals surface area contributed by atoms with Crippen molar-refractivity contribution in [2.24, 2.45) is 0 Å². The normalized spacial score (nSPS) is 20.8. The molecule has 0 radical (unpaired) electrons. The largest absolute Gasteiger partial charge is 0.464 e. The van der Waals surface area contributed by atoms with E-state index >= 15 is 0 Å². The van der Waals surface area contributed by atoms with Crippen LogP contribution in [0, 0.1) is 0 Å². The van der Waals surface area contributed by atoms with Crippen molar-refractivity contribution in [1.29, 1.82) is 0 Å². The van der Waals surface area contributed by atoms with E-state index in [9.17, 15) is 14.4 Å². The van der Waals surface area contributed by atoms with Crippen molar-refractivity contribution in [1.82, 2.24) is 4.90 Å². The molecule has 0 N–H and O–H groups in total. The van der Waals surface area contributed by atoms with Crippen LogP contribution in [-0.4, -0.2) is 41.8 Å². The highest BCUT2D eigenvalue weighted by Gasteiger charge is 2.39. The average molecular weight is 225 g/mol. The van der Waals surface area contributed by atoms with E-state index in [-0.39, 0.29) is 37.7 Å². The van der Waals surface area contributed by atoms with Gasteiger partial charge in [0.25, 0.3) is 0 Å². The number of ether oxygens (including phenoxy) is 1. The number of likely N-dealkylation sites (tertiary alicyclic amines) is 1. The molecular weight excluding hydrogens is 210 g/mol. The molecular formula is C11H15NO4. The third-order valence-electron chi connectivity index (χ3n) is 2.36. The maximum atomic E-state index is 11.6. The van der Waals surface area contributed by atoms with Gasteiger partial charge in [-0.15, -0.1) is 6.58 Å². The molecule has 5 heteroatoms. The standard InChI is InChI=1S/C11H15NO4/c1-3-7-12-9(14)6-5-8(13)10(12)11(15)16-4-2/h3,10H,1,4-7H2,2H3. The summed E-state index contributed by atoms with van der Waals surface area (Å²) in [6.45, 7) is 5.54. The SMILES string of the molecule is C=CCN1C(=O)CCC(=O)C1C(=O)OCC. The van der Waals surface area contributed by atoms with Crippen molar-refractivity contribution in [2.75, 3.05) is 13.2 Å². The first-order valence-corrected chi connectivity index (χ1v) is 5.21. The predicted molar refractivity (Wildman–Crippen MR) is 56.6 cm³/mol. The van der Waals surface area contributed by atoms with Gasteiger partial charge in [-0.2, -0.15) is 0 Å². The van der Waals surface area contributed by atoms with Gasteiger partial charge in [0.1, 0.15) is 0 Å². The van der Waals surface area contributed by atoms with Crippen molar-refractivity contribution >= 4 is 17.7 Å². The smallest absolute Gasteiger partial charge is 0.336 e. The summed E-state index contributed by atoms with van der Waals surface area (Å²) in [7, 11) is 0. The van der Waals surface area contributed by atoms with E-state index in [0.29, 0.717) is 0 Å². The predicted octanol–water partition coefficient (Wildman–Crippen LogP) is 0.296. The molecule has 1 aliphatic heterocycles. The number of esters is 1. The first kappa shape index (κ1) is 12.4. The summed E-state index contributed by atoms with van der Waals surface area (Å²) in [4.78, 5) is 36.0. The summed E-state index contributed by atoms with van der Waals surface area (Å²) in [5, 5.41) is 0. The number of Topliss-reactive ketones (excluding diaryl/α,β-unsaturated/α-hetero) is 1. The summed E-state index contributed by atoms with van der Waals surface area (Å²) >= 11 is 0.